The molecule has 1 unspecified atom stereocenters. The van der Waals surface area contributed by atoms with Crippen LogP contribution in [0.15, 0.2) is 39.7 Å². The van der Waals surface area contributed by atoms with Gasteiger partial charge in [-0.25, -0.2) is 5.10 Å². The number of nitrogens with one attached hydrogen (secondary N) is 2. The Morgan fingerprint density at radius 3 is 2.89 bits per heavy atom. The molecule has 1 atom stereocenters. The third-order valence-electron chi connectivity index (χ3n) is 2.54. The minimum atomic E-state index is -0.402. The standard InChI is InChI=1S/C12H11BrClN3O/c1-7(8-4-2-3-5-9(8)13)16-10-6-15-17-12(18)11(10)14/h2-7H,1H3,(H2,16,17,18). The highest BCUT2D eigenvalue weighted by molar-refractivity contribution is 9.10. The number of anilines is 1. The van der Waals surface area contributed by atoms with Crippen LogP contribution in [0.25, 0.3) is 0 Å². The maximum absolute atomic E-state index is 11.3. The minimum Gasteiger partial charge on any atom is -0.376 e. The lowest BCUT2D eigenvalue weighted by Gasteiger charge is -2.17. The van der Waals surface area contributed by atoms with Crippen molar-refractivity contribution in [2.75, 3.05) is 5.32 Å². The van der Waals surface area contributed by atoms with Gasteiger partial charge in [0.1, 0.15) is 5.02 Å². The van der Waals surface area contributed by atoms with Crippen molar-refractivity contribution in [2.45, 2.75) is 13.0 Å². The number of hydrogen-bond donors (Lipinski definition) is 2. The SMILES string of the molecule is CC(Nc1cn[nH]c(=O)c1Cl)c1ccccc1Br. The molecule has 2 aromatic rings. The van der Waals surface area contributed by atoms with Gasteiger partial charge in [-0.15, -0.1) is 0 Å². The highest BCUT2D eigenvalue weighted by atomic mass is 79.9. The van der Waals surface area contributed by atoms with Gasteiger partial charge in [-0.1, -0.05) is 45.7 Å². The molecule has 1 heterocycles. The normalized spacial score (nSPS) is 12.2. The Balaban J connectivity index is 2.27. The number of hydrogen-bond acceptors (Lipinski definition) is 3. The van der Waals surface area contributed by atoms with Crippen LogP contribution in [0.3, 0.4) is 0 Å². The number of H-pyrrole nitrogens is 1. The first-order chi connectivity index (χ1) is 8.59. The molecule has 1 aromatic carbocycles. The van der Waals surface area contributed by atoms with Crippen LogP contribution in [-0.2, 0) is 0 Å². The van der Waals surface area contributed by atoms with E-state index in [-0.39, 0.29) is 11.1 Å². The van der Waals surface area contributed by atoms with Crippen LogP contribution in [-0.4, -0.2) is 10.2 Å². The molecule has 0 aliphatic heterocycles. The first-order valence-corrected chi connectivity index (χ1v) is 6.51. The van der Waals surface area contributed by atoms with Crippen LogP contribution in [0.5, 0.6) is 0 Å². The second kappa shape index (κ2) is 5.54. The van der Waals surface area contributed by atoms with Crippen LogP contribution in [0.2, 0.25) is 5.02 Å². The monoisotopic (exact) mass is 327 g/mol. The van der Waals surface area contributed by atoms with E-state index in [2.05, 4.69) is 31.4 Å². The summed E-state index contributed by atoms with van der Waals surface area (Å²) in [4.78, 5) is 11.3. The fourth-order valence-electron chi connectivity index (χ4n) is 1.62. The molecule has 0 spiro atoms. The van der Waals surface area contributed by atoms with Crippen LogP contribution < -0.4 is 10.9 Å². The van der Waals surface area contributed by atoms with E-state index in [1.807, 2.05) is 31.2 Å². The summed E-state index contributed by atoms with van der Waals surface area (Å²) in [6, 6.07) is 7.86. The molecule has 0 amide bonds. The summed E-state index contributed by atoms with van der Waals surface area (Å²) in [5.41, 5.74) is 1.19. The molecule has 1 aromatic heterocycles. The van der Waals surface area contributed by atoms with Crippen LogP contribution >= 0.6 is 27.5 Å². The molecular formula is C12H11BrClN3O. The van der Waals surface area contributed by atoms with Gasteiger partial charge in [-0.2, -0.15) is 5.10 Å². The van der Waals surface area contributed by atoms with Gasteiger partial charge in [0.05, 0.1) is 11.9 Å². The molecule has 2 rings (SSSR count). The second-order valence-corrected chi connectivity index (χ2v) is 5.05. The number of benzene rings is 1. The Morgan fingerprint density at radius 2 is 2.17 bits per heavy atom. The maximum Gasteiger partial charge on any atom is 0.285 e. The molecule has 0 fully saturated rings. The molecule has 2 N–H and O–H groups in total. The summed E-state index contributed by atoms with van der Waals surface area (Å²) in [5.74, 6) is 0. The number of aromatic nitrogens is 2. The van der Waals surface area contributed by atoms with E-state index in [4.69, 9.17) is 11.6 Å². The van der Waals surface area contributed by atoms with Gasteiger partial charge < -0.3 is 5.32 Å². The quantitative estimate of drug-likeness (QED) is 0.908. The molecule has 0 radical (unpaired) electrons. The Labute approximate surface area is 118 Å². The van der Waals surface area contributed by atoms with Gasteiger partial charge in [-0.05, 0) is 18.6 Å². The Bertz CT molecular complexity index is 614. The molecule has 0 aliphatic carbocycles. The molecule has 0 saturated heterocycles. The fraction of sp³-hybridized carbons (Fsp3) is 0.167. The summed E-state index contributed by atoms with van der Waals surface area (Å²) < 4.78 is 0.999. The molecule has 0 bridgehead atoms. The summed E-state index contributed by atoms with van der Waals surface area (Å²) in [5, 5.41) is 9.27. The van der Waals surface area contributed by atoms with Crippen molar-refractivity contribution in [1.82, 2.24) is 10.2 Å². The zero-order valence-corrected chi connectivity index (χ0v) is 11.9. The lowest BCUT2D eigenvalue weighted by atomic mass is 10.1. The molecule has 0 aliphatic rings. The zero-order valence-electron chi connectivity index (χ0n) is 9.58. The molecule has 6 heteroatoms. The van der Waals surface area contributed by atoms with Crippen molar-refractivity contribution in [1.29, 1.82) is 0 Å². The predicted molar refractivity (Wildman–Crippen MR) is 76.0 cm³/mol. The number of rotatable bonds is 3. The van der Waals surface area contributed by atoms with E-state index in [0.717, 1.165) is 10.0 Å². The minimum absolute atomic E-state index is 0.00155. The third kappa shape index (κ3) is 2.73. The zero-order chi connectivity index (χ0) is 13.1. The van der Waals surface area contributed by atoms with E-state index in [0.29, 0.717) is 5.69 Å². The number of aromatic amines is 1. The van der Waals surface area contributed by atoms with Crippen molar-refractivity contribution in [2.24, 2.45) is 0 Å². The van der Waals surface area contributed by atoms with Gasteiger partial charge in [-0.3, -0.25) is 4.79 Å². The second-order valence-electron chi connectivity index (χ2n) is 3.81. The van der Waals surface area contributed by atoms with E-state index in [1.54, 1.807) is 0 Å². The van der Waals surface area contributed by atoms with Crippen molar-refractivity contribution in [3.63, 3.8) is 0 Å². The first kappa shape index (κ1) is 13.1. The fourth-order valence-corrected chi connectivity index (χ4v) is 2.40. The predicted octanol–water partition coefficient (Wildman–Crippen LogP) is 3.36. The molecule has 18 heavy (non-hydrogen) atoms. The lowest BCUT2D eigenvalue weighted by molar-refractivity contribution is 0.869. The van der Waals surface area contributed by atoms with Gasteiger partial charge in [0.25, 0.3) is 5.56 Å². The van der Waals surface area contributed by atoms with Crippen LogP contribution in [0, 0.1) is 0 Å². The maximum atomic E-state index is 11.3. The van der Waals surface area contributed by atoms with Gasteiger partial charge in [0, 0.05) is 10.5 Å². The Hall–Kier alpha value is -1.33. The average molecular weight is 329 g/mol. The van der Waals surface area contributed by atoms with Crippen molar-refractivity contribution < 1.29 is 0 Å². The average Bonchev–Trinajstić information content (AvgIpc) is 2.35. The van der Waals surface area contributed by atoms with Crippen LogP contribution in [0.4, 0.5) is 5.69 Å². The van der Waals surface area contributed by atoms with Crippen molar-refractivity contribution in [3.8, 4) is 0 Å². The third-order valence-corrected chi connectivity index (χ3v) is 3.64. The largest absolute Gasteiger partial charge is 0.376 e. The topological polar surface area (TPSA) is 57.8 Å². The lowest BCUT2D eigenvalue weighted by Crippen LogP contribution is -2.14. The van der Waals surface area contributed by atoms with E-state index in [9.17, 15) is 4.79 Å². The molecule has 94 valence electrons. The van der Waals surface area contributed by atoms with Gasteiger partial charge in [0.15, 0.2) is 0 Å². The van der Waals surface area contributed by atoms with Crippen molar-refractivity contribution >= 4 is 33.2 Å². The van der Waals surface area contributed by atoms with E-state index < -0.39 is 5.56 Å². The van der Waals surface area contributed by atoms with E-state index in [1.165, 1.54) is 6.20 Å². The first-order valence-electron chi connectivity index (χ1n) is 5.33. The smallest absolute Gasteiger partial charge is 0.285 e. The molecule has 4 nitrogen and oxygen atoms in total. The van der Waals surface area contributed by atoms with Crippen molar-refractivity contribution in [3.05, 3.63) is 55.9 Å². The van der Waals surface area contributed by atoms with Crippen LogP contribution in [0.1, 0.15) is 18.5 Å². The highest BCUT2D eigenvalue weighted by Gasteiger charge is 2.11. The summed E-state index contributed by atoms with van der Waals surface area (Å²) in [6.07, 6.45) is 1.50. The Kier molecular flexibility index (Phi) is 4.04. The van der Waals surface area contributed by atoms with E-state index >= 15 is 0 Å². The van der Waals surface area contributed by atoms with Gasteiger partial charge in [0.2, 0.25) is 0 Å². The summed E-state index contributed by atoms with van der Waals surface area (Å²) in [7, 11) is 0. The summed E-state index contributed by atoms with van der Waals surface area (Å²) >= 11 is 9.39. The molecule has 0 saturated carbocycles. The Morgan fingerprint density at radius 1 is 1.44 bits per heavy atom. The highest BCUT2D eigenvalue weighted by Crippen LogP contribution is 2.27. The summed E-state index contributed by atoms with van der Waals surface area (Å²) in [6.45, 7) is 1.98. The number of halogens is 2. The number of nitrogens with zero attached hydrogens (tertiary/aromatic N) is 1. The van der Waals surface area contributed by atoms with Gasteiger partial charge >= 0.3 is 0 Å². The molecular weight excluding hydrogens is 318 g/mol.